The molecule has 0 aliphatic carbocycles. The number of aryl methyl sites for hydroxylation is 1. The summed E-state index contributed by atoms with van der Waals surface area (Å²) in [7, 11) is 0. The number of anilines is 1. The van der Waals surface area contributed by atoms with Crippen molar-refractivity contribution >= 4 is 5.82 Å². The zero-order valence-electron chi connectivity index (χ0n) is 8.85. The number of nitrogens with one attached hydrogen (secondary N) is 1. The van der Waals surface area contributed by atoms with Crippen LogP contribution in [0, 0.1) is 12.3 Å². The van der Waals surface area contributed by atoms with Crippen LogP contribution in [0.25, 0.3) is 0 Å². The van der Waals surface area contributed by atoms with Gasteiger partial charge in [-0.3, -0.25) is 0 Å². The number of hydrogen-bond donors (Lipinski definition) is 1. The van der Waals surface area contributed by atoms with E-state index in [1.54, 1.807) is 0 Å². The van der Waals surface area contributed by atoms with Gasteiger partial charge >= 0.3 is 0 Å². The number of aromatic nitrogens is 1. The van der Waals surface area contributed by atoms with Gasteiger partial charge in [0.15, 0.2) is 5.82 Å². The summed E-state index contributed by atoms with van der Waals surface area (Å²) in [6.45, 7) is 9.47. The quantitative estimate of drug-likeness (QED) is 0.778. The molecule has 0 atom stereocenters. The standard InChI is InChI=1S/C10H18N2O/c1-5-10(3,4)7-11-9-6-8(2)13-12-9/h6H,5,7H2,1-4H3,(H,11,12). The van der Waals surface area contributed by atoms with Crippen LogP contribution in [0.3, 0.4) is 0 Å². The zero-order chi connectivity index (χ0) is 9.90. The molecule has 0 bridgehead atoms. The molecule has 3 nitrogen and oxygen atoms in total. The van der Waals surface area contributed by atoms with Crippen molar-refractivity contribution in [1.82, 2.24) is 5.16 Å². The van der Waals surface area contributed by atoms with Gasteiger partial charge in [0.25, 0.3) is 0 Å². The van der Waals surface area contributed by atoms with Crippen LogP contribution in [0.5, 0.6) is 0 Å². The fourth-order valence-electron chi connectivity index (χ4n) is 0.905. The fraction of sp³-hybridized carbons (Fsp3) is 0.700. The lowest BCUT2D eigenvalue weighted by Crippen LogP contribution is -2.22. The van der Waals surface area contributed by atoms with Crippen LogP contribution in [0.1, 0.15) is 33.0 Å². The SMILES string of the molecule is CCC(C)(C)CNc1cc(C)on1. The van der Waals surface area contributed by atoms with E-state index < -0.39 is 0 Å². The summed E-state index contributed by atoms with van der Waals surface area (Å²) in [4.78, 5) is 0. The fourth-order valence-corrected chi connectivity index (χ4v) is 0.905. The van der Waals surface area contributed by atoms with Crippen molar-refractivity contribution < 1.29 is 4.52 Å². The highest BCUT2D eigenvalue weighted by molar-refractivity contribution is 5.33. The molecule has 1 heterocycles. The molecule has 0 unspecified atom stereocenters. The molecule has 0 aromatic carbocycles. The van der Waals surface area contributed by atoms with E-state index in [1.165, 1.54) is 0 Å². The first-order valence-corrected chi connectivity index (χ1v) is 4.71. The van der Waals surface area contributed by atoms with Gasteiger partial charge in [-0.2, -0.15) is 0 Å². The summed E-state index contributed by atoms with van der Waals surface area (Å²) < 4.78 is 4.95. The monoisotopic (exact) mass is 182 g/mol. The van der Waals surface area contributed by atoms with Crippen LogP contribution in [0.15, 0.2) is 10.6 Å². The molecule has 0 amide bonds. The Hall–Kier alpha value is -0.990. The summed E-state index contributed by atoms with van der Waals surface area (Å²) in [5.41, 5.74) is 0.312. The maximum atomic E-state index is 4.95. The van der Waals surface area contributed by atoms with Gasteiger partial charge in [-0.1, -0.05) is 25.9 Å². The van der Waals surface area contributed by atoms with Gasteiger partial charge in [-0.25, -0.2) is 0 Å². The summed E-state index contributed by atoms with van der Waals surface area (Å²) in [6, 6.07) is 1.91. The molecule has 0 saturated carbocycles. The van der Waals surface area contributed by atoms with Crippen LogP contribution >= 0.6 is 0 Å². The molecule has 1 N–H and O–H groups in total. The highest BCUT2D eigenvalue weighted by Gasteiger charge is 2.14. The minimum absolute atomic E-state index is 0.312. The normalized spacial score (nSPS) is 11.7. The molecule has 0 aliphatic heterocycles. The predicted molar refractivity (Wildman–Crippen MR) is 53.8 cm³/mol. The second kappa shape index (κ2) is 3.81. The highest BCUT2D eigenvalue weighted by Crippen LogP contribution is 2.20. The lowest BCUT2D eigenvalue weighted by Gasteiger charge is -2.22. The van der Waals surface area contributed by atoms with Crippen molar-refractivity contribution in [2.24, 2.45) is 5.41 Å². The Labute approximate surface area is 79.5 Å². The molecular weight excluding hydrogens is 164 g/mol. The van der Waals surface area contributed by atoms with Crippen LogP contribution < -0.4 is 5.32 Å². The molecule has 0 fully saturated rings. The molecule has 3 heteroatoms. The Morgan fingerprint density at radius 2 is 2.23 bits per heavy atom. The molecule has 0 radical (unpaired) electrons. The molecule has 1 aromatic heterocycles. The maximum absolute atomic E-state index is 4.95. The van der Waals surface area contributed by atoms with E-state index in [9.17, 15) is 0 Å². The molecular formula is C10H18N2O. The Kier molecular flexibility index (Phi) is 2.96. The van der Waals surface area contributed by atoms with E-state index in [-0.39, 0.29) is 0 Å². The van der Waals surface area contributed by atoms with Crippen molar-refractivity contribution in [3.8, 4) is 0 Å². The van der Waals surface area contributed by atoms with Crippen molar-refractivity contribution in [3.05, 3.63) is 11.8 Å². The van der Waals surface area contributed by atoms with Gasteiger partial charge in [-0.05, 0) is 18.8 Å². The summed E-state index contributed by atoms with van der Waals surface area (Å²) in [6.07, 6.45) is 1.15. The van der Waals surface area contributed by atoms with Crippen molar-refractivity contribution in [1.29, 1.82) is 0 Å². The predicted octanol–water partition coefficient (Wildman–Crippen LogP) is 2.83. The molecule has 1 rings (SSSR count). The summed E-state index contributed by atoms with van der Waals surface area (Å²) in [5.74, 6) is 1.68. The lowest BCUT2D eigenvalue weighted by atomic mass is 9.90. The molecule has 0 saturated heterocycles. The largest absolute Gasteiger partial charge is 0.367 e. The minimum Gasteiger partial charge on any atom is -0.367 e. The van der Waals surface area contributed by atoms with Gasteiger partial charge in [0.2, 0.25) is 0 Å². The Morgan fingerprint density at radius 1 is 1.54 bits per heavy atom. The smallest absolute Gasteiger partial charge is 0.169 e. The third kappa shape index (κ3) is 3.09. The highest BCUT2D eigenvalue weighted by atomic mass is 16.5. The summed E-state index contributed by atoms with van der Waals surface area (Å²) in [5, 5.41) is 7.12. The zero-order valence-corrected chi connectivity index (χ0v) is 8.85. The van der Waals surface area contributed by atoms with Crippen LogP contribution in [0.4, 0.5) is 5.82 Å². The van der Waals surface area contributed by atoms with E-state index in [0.29, 0.717) is 5.41 Å². The summed E-state index contributed by atoms with van der Waals surface area (Å²) >= 11 is 0. The number of hydrogen-bond acceptors (Lipinski definition) is 3. The van der Waals surface area contributed by atoms with Crippen molar-refractivity contribution in [3.63, 3.8) is 0 Å². The van der Waals surface area contributed by atoms with E-state index in [4.69, 9.17) is 4.52 Å². The van der Waals surface area contributed by atoms with Gasteiger partial charge in [0.05, 0.1) is 0 Å². The lowest BCUT2D eigenvalue weighted by molar-refractivity contribution is 0.372. The molecule has 13 heavy (non-hydrogen) atoms. The Bertz CT molecular complexity index is 266. The second-order valence-electron chi connectivity index (χ2n) is 4.19. The van der Waals surface area contributed by atoms with E-state index in [0.717, 1.165) is 24.5 Å². The second-order valence-corrected chi connectivity index (χ2v) is 4.19. The van der Waals surface area contributed by atoms with Crippen LogP contribution in [-0.2, 0) is 0 Å². The number of rotatable bonds is 4. The number of nitrogens with zero attached hydrogens (tertiary/aromatic N) is 1. The average molecular weight is 182 g/mol. The van der Waals surface area contributed by atoms with Crippen molar-refractivity contribution in [2.75, 3.05) is 11.9 Å². The third-order valence-corrected chi connectivity index (χ3v) is 2.33. The van der Waals surface area contributed by atoms with E-state index in [2.05, 4.69) is 31.2 Å². The van der Waals surface area contributed by atoms with Gasteiger partial charge < -0.3 is 9.84 Å². The third-order valence-electron chi connectivity index (χ3n) is 2.33. The average Bonchev–Trinajstić information content (AvgIpc) is 2.48. The Balaban J connectivity index is 2.43. The van der Waals surface area contributed by atoms with Crippen LogP contribution in [0.2, 0.25) is 0 Å². The molecule has 1 aromatic rings. The van der Waals surface area contributed by atoms with Gasteiger partial charge in [0.1, 0.15) is 5.76 Å². The first kappa shape index (κ1) is 10.1. The minimum atomic E-state index is 0.312. The van der Waals surface area contributed by atoms with E-state index in [1.807, 2.05) is 13.0 Å². The first-order valence-electron chi connectivity index (χ1n) is 4.71. The molecule has 0 aliphatic rings. The first-order chi connectivity index (χ1) is 6.03. The van der Waals surface area contributed by atoms with Crippen molar-refractivity contribution in [2.45, 2.75) is 34.1 Å². The van der Waals surface area contributed by atoms with Crippen LogP contribution in [-0.4, -0.2) is 11.7 Å². The van der Waals surface area contributed by atoms with Gasteiger partial charge in [0, 0.05) is 12.6 Å². The molecule has 74 valence electrons. The topological polar surface area (TPSA) is 38.1 Å². The molecule has 0 spiro atoms. The van der Waals surface area contributed by atoms with E-state index >= 15 is 0 Å². The van der Waals surface area contributed by atoms with Gasteiger partial charge in [-0.15, -0.1) is 0 Å². The maximum Gasteiger partial charge on any atom is 0.169 e. The Morgan fingerprint density at radius 3 is 2.69 bits per heavy atom.